The van der Waals surface area contributed by atoms with E-state index in [0.717, 1.165) is 16.9 Å². The number of oxime groups is 1. The Balaban J connectivity index is 1.65. The van der Waals surface area contributed by atoms with Crippen molar-refractivity contribution in [2.45, 2.75) is 25.6 Å². The maximum atomic E-state index is 10.7. The maximum Gasteiger partial charge on any atom is 0.404 e. The van der Waals surface area contributed by atoms with Crippen LogP contribution in [0.25, 0.3) is 11.1 Å². The first-order valence-electron chi connectivity index (χ1n) is 7.91. The first kappa shape index (κ1) is 16.8. The molecule has 0 radical (unpaired) electrons. The Hall–Kier alpha value is -3.03. The first-order valence-corrected chi connectivity index (χ1v) is 7.91. The van der Waals surface area contributed by atoms with Crippen molar-refractivity contribution in [3.8, 4) is 16.9 Å². The number of hydrogen-bond donors (Lipinski definition) is 1. The summed E-state index contributed by atoms with van der Waals surface area (Å²) in [6.07, 6.45) is 2.91. The van der Waals surface area contributed by atoms with Crippen LogP contribution in [0.5, 0.6) is 5.75 Å². The van der Waals surface area contributed by atoms with E-state index in [0.29, 0.717) is 12.1 Å². The zero-order valence-corrected chi connectivity index (χ0v) is 14.1. The van der Waals surface area contributed by atoms with Crippen molar-refractivity contribution in [3.05, 3.63) is 36.7 Å². The van der Waals surface area contributed by atoms with E-state index in [1.807, 2.05) is 44.4 Å². The van der Waals surface area contributed by atoms with Crippen LogP contribution >= 0.6 is 0 Å². The van der Waals surface area contributed by atoms with Crippen LogP contribution in [-0.4, -0.2) is 40.4 Å². The molecule has 0 saturated heterocycles. The summed E-state index contributed by atoms with van der Waals surface area (Å²) < 4.78 is 12.6. The van der Waals surface area contributed by atoms with E-state index < -0.39 is 6.09 Å². The number of amides is 1. The summed E-state index contributed by atoms with van der Waals surface area (Å²) >= 11 is 0. The summed E-state index contributed by atoms with van der Waals surface area (Å²) in [4.78, 5) is 16.1. The number of benzene rings is 1. The van der Waals surface area contributed by atoms with Crippen LogP contribution in [0, 0.1) is 0 Å². The Morgan fingerprint density at radius 2 is 2.28 bits per heavy atom. The van der Waals surface area contributed by atoms with Crippen LogP contribution in [0.3, 0.4) is 0 Å². The topological polar surface area (TPSA) is 101 Å². The van der Waals surface area contributed by atoms with E-state index in [2.05, 4.69) is 10.3 Å². The Bertz CT molecular complexity index is 786. The number of hydrogen-bond acceptors (Lipinski definition) is 6. The van der Waals surface area contributed by atoms with Gasteiger partial charge in [-0.1, -0.05) is 23.4 Å². The predicted molar refractivity (Wildman–Crippen MR) is 91.2 cm³/mol. The molecule has 0 aliphatic carbocycles. The fraction of sp³-hybridized carbons (Fsp3) is 0.353. The molecule has 8 nitrogen and oxygen atoms in total. The highest BCUT2D eigenvalue weighted by molar-refractivity contribution is 5.88. The van der Waals surface area contributed by atoms with E-state index in [4.69, 9.17) is 20.0 Å². The van der Waals surface area contributed by atoms with Crippen LogP contribution in [-0.2, 0) is 16.6 Å². The van der Waals surface area contributed by atoms with Gasteiger partial charge in [0.05, 0.1) is 11.9 Å². The SMILES string of the molecule is CC(Oc1ccccc1-c1cnn(C)c1)C1CC(COC(N)=O)=NO1. The van der Waals surface area contributed by atoms with Gasteiger partial charge in [-0.3, -0.25) is 4.68 Å². The van der Waals surface area contributed by atoms with E-state index >= 15 is 0 Å². The normalized spacial score (nSPS) is 17.5. The molecule has 1 amide bonds. The third kappa shape index (κ3) is 4.09. The minimum Gasteiger partial charge on any atom is -0.486 e. The van der Waals surface area contributed by atoms with E-state index in [1.54, 1.807) is 10.9 Å². The smallest absolute Gasteiger partial charge is 0.404 e. The highest BCUT2D eigenvalue weighted by Gasteiger charge is 2.29. The number of carbonyl (C=O) groups excluding carboxylic acids is 1. The van der Waals surface area contributed by atoms with Crippen molar-refractivity contribution >= 4 is 11.8 Å². The van der Waals surface area contributed by atoms with E-state index in [1.165, 1.54) is 0 Å². The van der Waals surface area contributed by atoms with Gasteiger partial charge in [0.1, 0.15) is 18.5 Å². The fourth-order valence-corrected chi connectivity index (χ4v) is 2.58. The summed E-state index contributed by atoms with van der Waals surface area (Å²) in [6, 6.07) is 7.76. The molecule has 2 atom stereocenters. The van der Waals surface area contributed by atoms with Crippen LogP contribution in [0.2, 0.25) is 0 Å². The third-order valence-electron chi connectivity index (χ3n) is 3.87. The van der Waals surface area contributed by atoms with Crippen molar-refractivity contribution in [2.24, 2.45) is 17.9 Å². The minimum atomic E-state index is -0.833. The molecule has 0 saturated carbocycles. The van der Waals surface area contributed by atoms with Crippen molar-refractivity contribution < 1.29 is 19.1 Å². The van der Waals surface area contributed by atoms with Gasteiger partial charge in [0.15, 0.2) is 6.10 Å². The number of primary amides is 1. The molecule has 1 aromatic heterocycles. The largest absolute Gasteiger partial charge is 0.486 e. The Morgan fingerprint density at radius 3 is 3.00 bits per heavy atom. The molecule has 3 rings (SSSR count). The summed E-state index contributed by atoms with van der Waals surface area (Å²) in [5.74, 6) is 0.744. The van der Waals surface area contributed by atoms with Gasteiger partial charge < -0.3 is 20.0 Å². The number of aromatic nitrogens is 2. The number of rotatable bonds is 6. The molecule has 1 aliphatic rings. The van der Waals surface area contributed by atoms with Gasteiger partial charge in [-0.05, 0) is 13.0 Å². The highest BCUT2D eigenvalue weighted by atomic mass is 16.7. The number of nitrogens with two attached hydrogens (primary N) is 1. The number of nitrogens with zero attached hydrogens (tertiary/aromatic N) is 3. The van der Waals surface area contributed by atoms with Gasteiger partial charge >= 0.3 is 6.09 Å². The van der Waals surface area contributed by atoms with Gasteiger partial charge in [0.25, 0.3) is 0 Å². The second kappa shape index (κ2) is 7.25. The van der Waals surface area contributed by atoms with Crippen molar-refractivity contribution in [1.29, 1.82) is 0 Å². The molecule has 0 bridgehead atoms. The summed E-state index contributed by atoms with van der Waals surface area (Å²) in [5.41, 5.74) is 7.51. The number of ether oxygens (including phenoxy) is 2. The van der Waals surface area contributed by atoms with E-state index in [9.17, 15) is 4.79 Å². The molecular weight excluding hydrogens is 324 g/mol. The molecular formula is C17H20N4O4. The Labute approximate surface area is 145 Å². The standard InChI is InChI=1S/C17H20N4O4/c1-11(16-7-13(20-25-16)10-23-17(18)22)24-15-6-4-3-5-14(15)12-8-19-21(2)9-12/h3-6,8-9,11,16H,7,10H2,1-2H3,(H2,18,22). The Kier molecular flexibility index (Phi) is 4.87. The molecule has 1 aliphatic heterocycles. The van der Waals surface area contributed by atoms with Crippen LogP contribution < -0.4 is 10.5 Å². The van der Waals surface area contributed by atoms with Gasteiger partial charge in [0.2, 0.25) is 0 Å². The van der Waals surface area contributed by atoms with E-state index in [-0.39, 0.29) is 18.8 Å². The fourth-order valence-electron chi connectivity index (χ4n) is 2.58. The molecule has 132 valence electrons. The van der Waals surface area contributed by atoms with Crippen LogP contribution in [0.1, 0.15) is 13.3 Å². The second-order valence-corrected chi connectivity index (χ2v) is 5.84. The molecule has 2 N–H and O–H groups in total. The maximum absolute atomic E-state index is 10.7. The summed E-state index contributed by atoms with van der Waals surface area (Å²) in [6.45, 7) is 1.95. The molecule has 8 heteroatoms. The van der Waals surface area contributed by atoms with Gasteiger partial charge in [-0.2, -0.15) is 5.10 Å². The first-order chi connectivity index (χ1) is 12.0. The highest BCUT2D eigenvalue weighted by Crippen LogP contribution is 2.31. The number of para-hydroxylation sites is 1. The lowest BCUT2D eigenvalue weighted by molar-refractivity contribution is 0.00425. The lowest BCUT2D eigenvalue weighted by atomic mass is 10.1. The van der Waals surface area contributed by atoms with Crippen LogP contribution in [0.4, 0.5) is 4.79 Å². The molecule has 2 heterocycles. The van der Waals surface area contributed by atoms with Crippen molar-refractivity contribution in [3.63, 3.8) is 0 Å². The molecule has 1 aromatic carbocycles. The Morgan fingerprint density at radius 1 is 1.48 bits per heavy atom. The van der Waals surface area contributed by atoms with Gasteiger partial charge in [-0.15, -0.1) is 0 Å². The minimum absolute atomic E-state index is 0.0326. The number of carbonyl (C=O) groups is 1. The van der Waals surface area contributed by atoms with Crippen molar-refractivity contribution in [2.75, 3.05) is 6.61 Å². The molecule has 2 aromatic rings. The average Bonchev–Trinajstić information content (AvgIpc) is 3.22. The number of aryl methyl sites for hydroxylation is 1. The monoisotopic (exact) mass is 344 g/mol. The van der Waals surface area contributed by atoms with Crippen LogP contribution in [0.15, 0.2) is 41.8 Å². The third-order valence-corrected chi connectivity index (χ3v) is 3.87. The van der Waals surface area contributed by atoms with Gasteiger partial charge in [0, 0.05) is 30.8 Å². The second-order valence-electron chi connectivity index (χ2n) is 5.84. The zero-order chi connectivity index (χ0) is 17.8. The summed E-state index contributed by atoms with van der Waals surface area (Å²) in [7, 11) is 1.87. The zero-order valence-electron chi connectivity index (χ0n) is 14.1. The molecule has 2 unspecified atom stereocenters. The molecule has 0 spiro atoms. The quantitative estimate of drug-likeness (QED) is 0.865. The molecule has 25 heavy (non-hydrogen) atoms. The van der Waals surface area contributed by atoms with Gasteiger partial charge in [-0.25, -0.2) is 4.79 Å². The summed E-state index contributed by atoms with van der Waals surface area (Å²) in [5, 5.41) is 8.13. The lowest BCUT2D eigenvalue weighted by Crippen LogP contribution is -2.30. The lowest BCUT2D eigenvalue weighted by Gasteiger charge is -2.20. The molecule has 0 fully saturated rings. The predicted octanol–water partition coefficient (Wildman–Crippen LogP) is 2.09. The van der Waals surface area contributed by atoms with Crippen molar-refractivity contribution in [1.82, 2.24) is 9.78 Å². The average molecular weight is 344 g/mol.